The van der Waals surface area contributed by atoms with E-state index in [1.807, 2.05) is 6.92 Å². The quantitative estimate of drug-likeness (QED) is 0.460. The number of ketones is 1. The van der Waals surface area contributed by atoms with E-state index in [-0.39, 0.29) is 28.3 Å². The van der Waals surface area contributed by atoms with Crippen LogP contribution in [-0.4, -0.2) is 30.4 Å². The van der Waals surface area contributed by atoms with Gasteiger partial charge in [0.15, 0.2) is 0 Å². The zero-order valence-corrected chi connectivity index (χ0v) is 23.6. The minimum atomic E-state index is -0.177. The van der Waals surface area contributed by atoms with Gasteiger partial charge in [0.25, 0.3) is 0 Å². The van der Waals surface area contributed by atoms with Crippen molar-refractivity contribution in [1.82, 2.24) is 5.32 Å². The first-order valence-electron chi connectivity index (χ1n) is 14.7. The summed E-state index contributed by atoms with van der Waals surface area (Å²) in [7, 11) is 0. The Morgan fingerprint density at radius 1 is 0.829 bits per heavy atom. The highest BCUT2D eigenvalue weighted by atomic mass is 16.5. The Kier molecular flexibility index (Phi) is 6.10. The third kappa shape index (κ3) is 3.54. The van der Waals surface area contributed by atoms with Crippen molar-refractivity contribution in [3.8, 4) is 0 Å². The first kappa shape index (κ1) is 25.7. The average molecular weight is 486 g/mol. The monoisotopic (exact) mass is 485 g/mol. The van der Waals surface area contributed by atoms with Gasteiger partial charge in [-0.15, -0.1) is 0 Å². The van der Waals surface area contributed by atoms with E-state index >= 15 is 0 Å². The molecule has 5 rings (SSSR count). The number of esters is 1. The Hall–Kier alpha value is -0.900. The molecule has 0 spiro atoms. The lowest BCUT2D eigenvalue weighted by Crippen LogP contribution is -2.66. The third-order valence-electron chi connectivity index (χ3n) is 13.3. The number of rotatable bonds is 3. The summed E-state index contributed by atoms with van der Waals surface area (Å²) in [6.45, 7) is 17.9. The standard InChI is InChI=1S/C31H51NO3/c1-20(33)22-11-15-31(19-35-21(2)34)17-16-29(6)23(26(22)31)9-10-25-28(5)13-8-18-32-27(3,4)24(28)12-14-30(25,29)7/h22-26,32H,8-19H2,1-7H3/t22-,23+,24-,25+,26+,28-,29+,30+,31+/m0/s1. The molecule has 1 aliphatic heterocycles. The molecule has 0 aromatic rings. The van der Waals surface area contributed by atoms with Crippen LogP contribution in [0.25, 0.3) is 0 Å². The fourth-order valence-electron chi connectivity index (χ4n) is 11.6. The minimum absolute atomic E-state index is 0.00468. The fourth-order valence-corrected chi connectivity index (χ4v) is 11.6. The van der Waals surface area contributed by atoms with Crippen LogP contribution in [0.5, 0.6) is 0 Å². The summed E-state index contributed by atoms with van der Waals surface area (Å²) in [4.78, 5) is 24.8. The molecule has 9 atom stereocenters. The van der Waals surface area contributed by atoms with E-state index in [9.17, 15) is 9.59 Å². The van der Waals surface area contributed by atoms with Gasteiger partial charge in [-0.25, -0.2) is 0 Å². The van der Waals surface area contributed by atoms with Crippen molar-refractivity contribution in [2.24, 2.45) is 51.2 Å². The number of hydrogen-bond donors (Lipinski definition) is 1. The van der Waals surface area contributed by atoms with Crippen LogP contribution in [0.4, 0.5) is 0 Å². The SMILES string of the molecule is CC(=O)OC[C@]12CC[C@@H](C(C)=O)[C@@H]1[C@H]1CC[C@@H]3[C@@]4(C)CCCNC(C)(C)[C@@H]4CC[C@@]3(C)[C@]1(C)CC2. The highest BCUT2D eigenvalue weighted by molar-refractivity contribution is 5.79. The van der Waals surface area contributed by atoms with Crippen LogP contribution in [0, 0.1) is 51.2 Å². The predicted octanol–water partition coefficient (Wildman–Crippen LogP) is 6.56. The summed E-state index contributed by atoms with van der Waals surface area (Å²) in [6.07, 6.45) is 12.1. The second kappa shape index (κ2) is 8.30. The van der Waals surface area contributed by atoms with E-state index in [0.29, 0.717) is 35.1 Å². The number of hydrogen-bond acceptors (Lipinski definition) is 4. The van der Waals surface area contributed by atoms with Gasteiger partial charge in [0, 0.05) is 23.8 Å². The van der Waals surface area contributed by atoms with E-state index in [0.717, 1.165) is 37.6 Å². The number of fused-ring (bicyclic) bond motifs is 7. The number of nitrogens with one attached hydrogen (secondary N) is 1. The van der Waals surface area contributed by atoms with E-state index in [1.165, 1.54) is 51.9 Å². The first-order valence-corrected chi connectivity index (χ1v) is 14.7. The van der Waals surface area contributed by atoms with Crippen LogP contribution < -0.4 is 5.32 Å². The van der Waals surface area contributed by atoms with Gasteiger partial charge < -0.3 is 10.1 Å². The van der Waals surface area contributed by atoms with Crippen molar-refractivity contribution >= 4 is 11.8 Å². The van der Waals surface area contributed by atoms with Gasteiger partial charge in [0.1, 0.15) is 5.78 Å². The lowest BCUT2D eigenvalue weighted by Gasteiger charge is -2.71. The summed E-state index contributed by atoms with van der Waals surface area (Å²) in [5.74, 6) is 2.72. The molecular weight excluding hydrogens is 434 g/mol. The molecule has 198 valence electrons. The van der Waals surface area contributed by atoms with E-state index in [1.54, 1.807) is 0 Å². The molecule has 0 unspecified atom stereocenters. The largest absolute Gasteiger partial charge is 0.465 e. The summed E-state index contributed by atoms with van der Waals surface area (Å²) in [5.41, 5.74) is 1.12. The molecule has 0 aromatic carbocycles. The topological polar surface area (TPSA) is 55.4 Å². The average Bonchev–Trinajstić information content (AvgIpc) is 3.11. The Morgan fingerprint density at radius 3 is 2.26 bits per heavy atom. The fraction of sp³-hybridized carbons (Fsp3) is 0.935. The normalized spacial score (nSPS) is 50.7. The molecule has 35 heavy (non-hydrogen) atoms. The van der Waals surface area contributed by atoms with Crippen molar-refractivity contribution in [1.29, 1.82) is 0 Å². The molecule has 0 bridgehead atoms. The van der Waals surface area contributed by atoms with Gasteiger partial charge >= 0.3 is 5.97 Å². The first-order chi connectivity index (χ1) is 16.3. The van der Waals surface area contributed by atoms with Crippen LogP contribution in [-0.2, 0) is 14.3 Å². The Labute approximate surface area is 214 Å². The highest BCUT2D eigenvalue weighted by Gasteiger charge is 2.70. The van der Waals surface area contributed by atoms with Crippen LogP contribution in [0.1, 0.15) is 113 Å². The lowest BCUT2D eigenvalue weighted by atomic mass is 9.33. The van der Waals surface area contributed by atoms with Crippen molar-refractivity contribution in [3.05, 3.63) is 0 Å². The minimum Gasteiger partial charge on any atom is -0.465 e. The van der Waals surface area contributed by atoms with E-state index < -0.39 is 0 Å². The Bertz CT molecular complexity index is 882. The molecule has 4 aliphatic carbocycles. The van der Waals surface area contributed by atoms with Gasteiger partial charge in [-0.3, -0.25) is 9.59 Å². The zero-order valence-electron chi connectivity index (χ0n) is 23.6. The van der Waals surface area contributed by atoms with Crippen molar-refractivity contribution in [2.45, 2.75) is 118 Å². The maximum atomic E-state index is 13.0. The molecule has 0 amide bonds. The van der Waals surface area contributed by atoms with Gasteiger partial charge in [0.2, 0.25) is 0 Å². The van der Waals surface area contributed by atoms with Gasteiger partial charge in [0.05, 0.1) is 6.61 Å². The summed E-state index contributed by atoms with van der Waals surface area (Å²) < 4.78 is 5.72. The smallest absolute Gasteiger partial charge is 0.302 e. The molecular formula is C31H51NO3. The molecule has 5 aliphatic rings. The molecule has 1 N–H and O–H groups in total. The molecule has 4 saturated carbocycles. The van der Waals surface area contributed by atoms with Crippen molar-refractivity contribution in [3.63, 3.8) is 0 Å². The van der Waals surface area contributed by atoms with Crippen LogP contribution in [0.2, 0.25) is 0 Å². The predicted molar refractivity (Wildman–Crippen MR) is 140 cm³/mol. The lowest BCUT2D eigenvalue weighted by molar-refractivity contribution is -0.228. The van der Waals surface area contributed by atoms with Crippen LogP contribution in [0.15, 0.2) is 0 Å². The Morgan fingerprint density at radius 2 is 1.57 bits per heavy atom. The molecule has 5 fully saturated rings. The molecule has 4 heteroatoms. The van der Waals surface area contributed by atoms with E-state index in [2.05, 4.69) is 39.9 Å². The molecule has 0 aromatic heterocycles. The zero-order chi connectivity index (χ0) is 25.4. The van der Waals surface area contributed by atoms with Crippen molar-refractivity contribution in [2.75, 3.05) is 13.2 Å². The van der Waals surface area contributed by atoms with Crippen LogP contribution in [0.3, 0.4) is 0 Å². The highest BCUT2D eigenvalue weighted by Crippen LogP contribution is 2.76. The number of ether oxygens (including phenoxy) is 1. The second-order valence-electron chi connectivity index (χ2n) is 14.8. The van der Waals surface area contributed by atoms with Crippen molar-refractivity contribution < 1.29 is 14.3 Å². The third-order valence-corrected chi connectivity index (χ3v) is 13.3. The summed E-state index contributed by atoms with van der Waals surface area (Å²) in [6, 6.07) is 0. The van der Waals surface area contributed by atoms with Gasteiger partial charge in [-0.1, -0.05) is 20.8 Å². The Balaban J connectivity index is 1.53. The molecule has 1 heterocycles. The number of carbonyl (C=O) groups excluding carboxylic acids is 2. The molecule has 4 nitrogen and oxygen atoms in total. The second-order valence-corrected chi connectivity index (χ2v) is 14.8. The maximum absolute atomic E-state index is 13.0. The molecule has 0 radical (unpaired) electrons. The van der Waals surface area contributed by atoms with E-state index in [4.69, 9.17) is 4.74 Å². The maximum Gasteiger partial charge on any atom is 0.302 e. The number of carbonyl (C=O) groups is 2. The number of Topliss-reactive ketones (excluding diaryl/α,β-unsaturated/α-hetero) is 1. The van der Waals surface area contributed by atoms with Gasteiger partial charge in [-0.2, -0.15) is 0 Å². The van der Waals surface area contributed by atoms with Gasteiger partial charge in [-0.05, 0) is 131 Å². The van der Waals surface area contributed by atoms with Crippen LogP contribution >= 0.6 is 0 Å². The molecule has 1 saturated heterocycles. The summed E-state index contributed by atoms with van der Waals surface area (Å²) >= 11 is 0. The summed E-state index contributed by atoms with van der Waals surface area (Å²) in [5, 5.41) is 3.92.